The summed E-state index contributed by atoms with van der Waals surface area (Å²) in [6, 6.07) is 49.1. The van der Waals surface area contributed by atoms with E-state index in [4.69, 9.17) is 0 Å². The molecule has 6 aromatic rings. The van der Waals surface area contributed by atoms with Gasteiger partial charge in [-0.05, 0) is 72.3 Å². The number of hydrogen-bond donors (Lipinski definition) is 0. The Hall–Kier alpha value is -4.69. The largest absolute Gasteiger partial charge is 0.422 e. The van der Waals surface area contributed by atoms with Crippen LogP contribution in [0.4, 0.5) is 38.4 Å². The Labute approximate surface area is 299 Å². The van der Waals surface area contributed by atoms with Gasteiger partial charge in [0.1, 0.15) is 10.0 Å². The Kier molecular flexibility index (Phi) is 6.27. The molecule has 0 saturated heterocycles. The maximum atomic E-state index is 2.70. The standard InChI is InChI=1S/C40H28B2N4S3/c1-3-15-27(16-4-1)43-37-38-40(49-39(37)45-31-21-9-13-25-35(31)47-33-23-11-7-19-29(33)41(43)45)46-32-22-10-14-26-36(32)48-34-24-12-8-20-30(34)42(46)44(38)28-17-5-2-6-18-28/h1-9,11-21,23-26H,10,22H2. The summed E-state index contributed by atoms with van der Waals surface area (Å²) < 4.78 is 0. The minimum atomic E-state index is -0.0328. The molecule has 5 heterocycles. The number of fused-ring (bicyclic) bond motifs is 14. The number of thiophene rings is 1. The highest BCUT2D eigenvalue weighted by Gasteiger charge is 2.56. The molecular formula is C40H28B2N4S3. The third-order valence-electron chi connectivity index (χ3n) is 10.1. The molecule has 0 amide bonds. The van der Waals surface area contributed by atoms with Crippen molar-refractivity contribution < 1.29 is 0 Å². The van der Waals surface area contributed by atoms with Gasteiger partial charge in [0.2, 0.25) is 0 Å². The average Bonchev–Trinajstić information content (AvgIpc) is 3.72. The number of hydrogen-bond acceptors (Lipinski definition) is 7. The van der Waals surface area contributed by atoms with Gasteiger partial charge in [0, 0.05) is 42.4 Å². The molecule has 0 atom stereocenters. The van der Waals surface area contributed by atoms with Crippen LogP contribution in [0.15, 0.2) is 171 Å². The fourth-order valence-electron chi connectivity index (χ4n) is 8.15. The van der Waals surface area contributed by atoms with Gasteiger partial charge in [0.15, 0.2) is 0 Å². The molecular weight excluding hydrogens is 654 g/mol. The van der Waals surface area contributed by atoms with Crippen molar-refractivity contribution in [2.24, 2.45) is 0 Å². The van der Waals surface area contributed by atoms with Gasteiger partial charge < -0.3 is 19.2 Å². The van der Waals surface area contributed by atoms with Crippen LogP contribution in [-0.4, -0.2) is 14.0 Å². The Morgan fingerprint density at radius 2 is 1.02 bits per heavy atom. The molecule has 0 radical (unpaired) electrons. The first-order valence-corrected chi connectivity index (χ1v) is 19.3. The third-order valence-corrected chi connectivity index (χ3v) is 13.6. The fourth-order valence-corrected chi connectivity index (χ4v) is 11.8. The summed E-state index contributed by atoms with van der Waals surface area (Å²) in [6.07, 6.45) is 6.78. The minimum Gasteiger partial charge on any atom is -0.357 e. The van der Waals surface area contributed by atoms with Gasteiger partial charge in [-0.2, -0.15) is 0 Å². The van der Waals surface area contributed by atoms with Gasteiger partial charge in [0.25, 0.3) is 0 Å². The topological polar surface area (TPSA) is 13.0 Å². The lowest BCUT2D eigenvalue weighted by Crippen LogP contribution is -2.55. The molecule has 5 aliphatic rings. The zero-order valence-corrected chi connectivity index (χ0v) is 28.9. The molecule has 0 fully saturated rings. The Morgan fingerprint density at radius 1 is 0.490 bits per heavy atom. The summed E-state index contributed by atoms with van der Waals surface area (Å²) in [6.45, 7) is -0.0284. The Balaban J connectivity index is 1.26. The number of allylic oxidation sites excluding steroid dienone is 3. The third kappa shape index (κ3) is 4.04. The van der Waals surface area contributed by atoms with Crippen molar-refractivity contribution in [2.45, 2.75) is 27.5 Å². The van der Waals surface area contributed by atoms with Crippen molar-refractivity contribution >= 4 is 98.2 Å². The highest BCUT2D eigenvalue weighted by Crippen LogP contribution is 2.66. The summed E-state index contributed by atoms with van der Waals surface area (Å²) in [5.74, 6) is 0. The van der Waals surface area contributed by atoms with Crippen molar-refractivity contribution in [2.75, 3.05) is 19.2 Å². The van der Waals surface area contributed by atoms with E-state index in [-0.39, 0.29) is 14.0 Å². The molecule has 11 rings (SSSR count). The van der Waals surface area contributed by atoms with Gasteiger partial charge in [-0.15, -0.1) is 0 Å². The molecule has 0 saturated carbocycles. The van der Waals surface area contributed by atoms with Gasteiger partial charge in [0.05, 0.1) is 11.4 Å². The Bertz CT molecular complexity index is 2360. The summed E-state index contributed by atoms with van der Waals surface area (Å²) >= 11 is 5.77. The normalized spacial score (nSPS) is 16.7. The maximum absolute atomic E-state index is 2.70. The van der Waals surface area contributed by atoms with Gasteiger partial charge in [-0.25, -0.2) is 0 Å². The highest BCUT2D eigenvalue weighted by atomic mass is 32.2. The highest BCUT2D eigenvalue weighted by molar-refractivity contribution is 8.03. The maximum Gasteiger partial charge on any atom is 0.422 e. The van der Waals surface area contributed by atoms with Crippen LogP contribution in [0.25, 0.3) is 0 Å². The monoisotopic (exact) mass is 682 g/mol. The average molecular weight is 683 g/mol. The van der Waals surface area contributed by atoms with E-state index in [1.54, 1.807) is 0 Å². The smallest absolute Gasteiger partial charge is 0.357 e. The summed E-state index contributed by atoms with van der Waals surface area (Å²) in [5.41, 5.74) is 10.3. The molecule has 0 spiro atoms. The zero-order valence-electron chi connectivity index (χ0n) is 26.4. The summed E-state index contributed by atoms with van der Waals surface area (Å²) in [4.78, 5) is 15.9. The second-order valence-corrected chi connectivity index (χ2v) is 16.0. The number of anilines is 7. The molecule has 0 bridgehead atoms. The van der Waals surface area contributed by atoms with E-state index < -0.39 is 0 Å². The number of nitrogens with zero attached hydrogens (tertiary/aromatic N) is 4. The SMILES string of the molecule is C1=CC2=C(CC1)N1B(c3ccccc3S2)N(c2ccccc2)c2c1sc1c2N(c2ccccc2)B2c3ccccc3Sc3ccccc3N21. The first-order chi connectivity index (χ1) is 24.3. The molecule has 4 aliphatic heterocycles. The van der Waals surface area contributed by atoms with E-state index in [0.29, 0.717) is 0 Å². The second-order valence-electron chi connectivity index (χ2n) is 12.8. The van der Waals surface area contributed by atoms with E-state index >= 15 is 0 Å². The number of benzene rings is 5. The van der Waals surface area contributed by atoms with Crippen LogP contribution in [0.3, 0.4) is 0 Å². The molecule has 0 N–H and O–H groups in total. The van der Waals surface area contributed by atoms with Crippen LogP contribution >= 0.6 is 34.9 Å². The van der Waals surface area contributed by atoms with Crippen molar-refractivity contribution in [3.8, 4) is 0 Å². The summed E-state index contributed by atoms with van der Waals surface area (Å²) in [5, 5.41) is 2.61. The Morgan fingerprint density at radius 3 is 1.69 bits per heavy atom. The molecule has 49 heavy (non-hydrogen) atoms. The lowest BCUT2D eigenvalue weighted by atomic mass is 9.64. The van der Waals surface area contributed by atoms with E-state index in [9.17, 15) is 0 Å². The molecule has 1 aromatic heterocycles. The van der Waals surface area contributed by atoms with E-state index in [1.165, 1.54) is 74.7 Å². The van der Waals surface area contributed by atoms with Crippen molar-refractivity contribution in [3.05, 3.63) is 156 Å². The van der Waals surface area contributed by atoms with Crippen LogP contribution in [-0.2, 0) is 0 Å². The molecule has 0 unspecified atom stereocenters. The number of para-hydroxylation sites is 3. The van der Waals surface area contributed by atoms with Crippen LogP contribution in [0.2, 0.25) is 0 Å². The number of rotatable bonds is 2. The minimum absolute atomic E-state index is 0.00445. The molecule has 9 heteroatoms. The lowest BCUT2D eigenvalue weighted by molar-refractivity contribution is 0.936. The van der Waals surface area contributed by atoms with Crippen LogP contribution < -0.4 is 30.2 Å². The predicted octanol–water partition coefficient (Wildman–Crippen LogP) is 9.92. The lowest BCUT2D eigenvalue weighted by Gasteiger charge is -2.32. The first-order valence-electron chi connectivity index (χ1n) is 16.8. The van der Waals surface area contributed by atoms with Crippen molar-refractivity contribution in [1.82, 2.24) is 0 Å². The molecule has 232 valence electrons. The van der Waals surface area contributed by atoms with Crippen molar-refractivity contribution in [3.63, 3.8) is 0 Å². The van der Waals surface area contributed by atoms with E-state index in [0.717, 1.165) is 12.8 Å². The zero-order chi connectivity index (χ0) is 32.1. The summed E-state index contributed by atoms with van der Waals surface area (Å²) in [7, 11) is 0. The quantitative estimate of drug-likeness (QED) is 0.168. The fraction of sp³-hybridized carbons (Fsp3) is 0.0500. The van der Waals surface area contributed by atoms with Crippen LogP contribution in [0.5, 0.6) is 0 Å². The van der Waals surface area contributed by atoms with E-state index in [1.807, 2.05) is 34.9 Å². The molecule has 4 nitrogen and oxygen atoms in total. The molecule has 1 aliphatic carbocycles. The van der Waals surface area contributed by atoms with Gasteiger partial charge in [-0.1, -0.05) is 132 Å². The van der Waals surface area contributed by atoms with Crippen LogP contribution in [0.1, 0.15) is 12.8 Å². The van der Waals surface area contributed by atoms with Crippen molar-refractivity contribution in [1.29, 1.82) is 0 Å². The predicted molar refractivity (Wildman–Crippen MR) is 212 cm³/mol. The first kappa shape index (κ1) is 28.2. The van der Waals surface area contributed by atoms with Gasteiger partial charge >= 0.3 is 14.0 Å². The van der Waals surface area contributed by atoms with Crippen LogP contribution in [0, 0.1) is 0 Å². The number of thioether (sulfide) groups is 1. The second kappa shape index (κ2) is 10.9. The molecule has 5 aromatic carbocycles. The van der Waals surface area contributed by atoms with E-state index in [2.05, 4.69) is 165 Å². The van der Waals surface area contributed by atoms with Gasteiger partial charge in [-0.3, -0.25) is 0 Å².